The summed E-state index contributed by atoms with van der Waals surface area (Å²) < 4.78 is 44.4. The Bertz CT molecular complexity index is 1390. The minimum atomic E-state index is -1.48. The van der Waals surface area contributed by atoms with Crippen molar-refractivity contribution in [3.05, 3.63) is 87.2 Å². The lowest BCUT2D eigenvalue weighted by molar-refractivity contribution is -0.117. The molecule has 3 aromatic rings. The second kappa shape index (κ2) is 10.0. The number of alkyl halides is 2. The minimum Gasteiger partial charge on any atom is -0.494 e. The fourth-order valence-electron chi connectivity index (χ4n) is 3.82. The summed E-state index contributed by atoms with van der Waals surface area (Å²) in [4.78, 5) is 25.9. The van der Waals surface area contributed by atoms with Crippen LogP contribution in [0.5, 0.6) is 5.75 Å². The average molecular weight is 578 g/mol. The summed E-state index contributed by atoms with van der Waals surface area (Å²) in [6.45, 7) is 0. The molecule has 2 atom stereocenters. The molecule has 1 saturated carbocycles. The molecule has 188 valence electrons. The third kappa shape index (κ3) is 5.09. The highest BCUT2D eigenvalue weighted by atomic mass is 35.5. The number of amides is 2. The number of ether oxygens (including phenoxy) is 1. The van der Waals surface area contributed by atoms with Gasteiger partial charge in [-0.2, -0.15) is 0 Å². The minimum absolute atomic E-state index is 0.0271. The van der Waals surface area contributed by atoms with Gasteiger partial charge in [-0.1, -0.05) is 29.3 Å². The lowest BCUT2D eigenvalue weighted by Crippen LogP contribution is -2.19. The maximum Gasteiger partial charge on any atom is 0.259 e. The summed E-state index contributed by atoms with van der Waals surface area (Å²) in [5, 5.41) is 4.73. The van der Waals surface area contributed by atoms with E-state index in [2.05, 4.69) is 10.6 Å². The van der Waals surface area contributed by atoms with Crippen LogP contribution in [0.15, 0.2) is 48.5 Å². The van der Waals surface area contributed by atoms with Crippen LogP contribution in [0.25, 0.3) is 0 Å². The van der Waals surface area contributed by atoms with Crippen molar-refractivity contribution < 1.29 is 27.5 Å². The van der Waals surface area contributed by atoms with Crippen LogP contribution in [0.3, 0.4) is 0 Å². The van der Waals surface area contributed by atoms with E-state index in [-0.39, 0.29) is 32.7 Å². The van der Waals surface area contributed by atoms with E-state index in [1.54, 1.807) is 0 Å². The number of hydrogen-bond acceptors (Lipinski definition) is 3. The molecule has 0 aromatic heterocycles. The molecule has 0 spiro atoms. The van der Waals surface area contributed by atoms with Crippen LogP contribution in [-0.4, -0.2) is 23.3 Å². The van der Waals surface area contributed by atoms with Gasteiger partial charge in [-0.3, -0.25) is 9.59 Å². The van der Waals surface area contributed by atoms with Crippen LogP contribution in [0.4, 0.5) is 24.5 Å². The van der Waals surface area contributed by atoms with Crippen LogP contribution in [-0.2, 0) is 4.79 Å². The van der Waals surface area contributed by atoms with Crippen molar-refractivity contribution in [2.75, 3.05) is 17.7 Å². The molecule has 4 rings (SSSR count). The Hall–Kier alpha value is -2.65. The van der Waals surface area contributed by atoms with Crippen molar-refractivity contribution in [3.8, 4) is 5.75 Å². The van der Waals surface area contributed by atoms with Gasteiger partial charge in [0.2, 0.25) is 5.91 Å². The number of benzene rings is 3. The Labute approximate surface area is 223 Å². The van der Waals surface area contributed by atoms with Crippen LogP contribution in [0.2, 0.25) is 10.0 Å². The molecule has 0 bridgehead atoms. The number of carbonyl (C=O) groups is 2. The van der Waals surface area contributed by atoms with E-state index >= 15 is 0 Å². The largest absolute Gasteiger partial charge is 0.494 e. The summed E-state index contributed by atoms with van der Waals surface area (Å²) >= 11 is 24.7. The van der Waals surface area contributed by atoms with Gasteiger partial charge in [-0.25, -0.2) is 13.2 Å². The Balaban J connectivity index is 1.58. The monoisotopic (exact) mass is 576 g/mol. The van der Waals surface area contributed by atoms with Crippen LogP contribution in [0.1, 0.15) is 21.8 Å². The first kappa shape index (κ1) is 26.4. The van der Waals surface area contributed by atoms with Gasteiger partial charge in [0.25, 0.3) is 5.91 Å². The number of rotatable bonds is 6. The first-order valence-electron chi connectivity index (χ1n) is 10.2. The van der Waals surface area contributed by atoms with Crippen molar-refractivity contribution in [2.24, 2.45) is 5.92 Å². The van der Waals surface area contributed by atoms with Gasteiger partial charge >= 0.3 is 0 Å². The molecule has 1 aliphatic carbocycles. The Morgan fingerprint density at radius 2 is 1.64 bits per heavy atom. The van der Waals surface area contributed by atoms with E-state index < -0.39 is 45.4 Å². The Morgan fingerprint density at radius 1 is 0.917 bits per heavy atom. The van der Waals surface area contributed by atoms with E-state index in [9.17, 15) is 22.8 Å². The highest BCUT2D eigenvalue weighted by Gasteiger charge is 2.67. The second-order valence-electron chi connectivity index (χ2n) is 7.91. The summed E-state index contributed by atoms with van der Waals surface area (Å²) in [5.41, 5.74) is 0.162. The fourth-order valence-corrected chi connectivity index (χ4v) is 5.13. The number of hydrogen-bond donors (Lipinski definition) is 2. The van der Waals surface area contributed by atoms with Gasteiger partial charge in [0, 0.05) is 17.7 Å². The van der Waals surface area contributed by atoms with Crippen molar-refractivity contribution in [1.82, 2.24) is 0 Å². The zero-order valence-corrected chi connectivity index (χ0v) is 21.2. The van der Waals surface area contributed by atoms with Crippen LogP contribution in [0, 0.1) is 23.4 Å². The van der Waals surface area contributed by atoms with Gasteiger partial charge in [0.1, 0.15) is 27.5 Å². The third-order valence-corrected chi connectivity index (χ3v) is 7.09. The Morgan fingerprint density at radius 3 is 2.28 bits per heavy atom. The molecule has 36 heavy (non-hydrogen) atoms. The van der Waals surface area contributed by atoms with Crippen molar-refractivity contribution in [2.45, 2.75) is 10.3 Å². The SMILES string of the molecule is COc1c(Cl)cc(NC(=O)C2C(c3ccc(F)c(Cl)c3)C2(Cl)Cl)cc1C(=O)Nc1ccc(F)cc1F. The standard InChI is InChI=1S/C24H15Cl4F3N2O3/c1-36-21-13(22(34)33-18-5-3-11(29)7-17(18)31)8-12(9-15(21)26)32-23(35)20-19(24(20,27)28)10-2-4-16(30)14(25)6-10/h2-9,19-20H,1H3,(H,32,35)(H,33,34). The third-order valence-electron chi connectivity index (χ3n) is 5.58. The van der Waals surface area contributed by atoms with Gasteiger partial charge < -0.3 is 15.4 Å². The number of anilines is 2. The zero-order valence-electron chi connectivity index (χ0n) is 18.1. The number of halogens is 7. The predicted molar refractivity (Wildman–Crippen MR) is 133 cm³/mol. The highest BCUT2D eigenvalue weighted by molar-refractivity contribution is 6.53. The molecule has 0 heterocycles. The van der Waals surface area contributed by atoms with Gasteiger partial charge in [0.05, 0.1) is 34.3 Å². The molecule has 2 unspecified atom stereocenters. The molecule has 0 saturated heterocycles. The summed E-state index contributed by atoms with van der Waals surface area (Å²) in [5.74, 6) is -5.48. The lowest BCUT2D eigenvalue weighted by Gasteiger charge is -2.14. The Kier molecular flexibility index (Phi) is 7.35. The molecule has 0 aliphatic heterocycles. The topological polar surface area (TPSA) is 67.4 Å². The number of carbonyl (C=O) groups excluding carboxylic acids is 2. The summed E-state index contributed by atoms with van der Waals surface area (Å²) in [7, 11) is 1.27. The molecule has 1 fully saturated rings. The van der Waals surface area contributed by atoms with E-state index in [1.165, 1.54) is 31.4 Å². The van der Waals surface area contributed by atoms with Gasteiger partial charge in [-0.15, -0.1) is 23.2 Å². The summed E-state index contributed by atoms with van der Waals surface area (Å²) in [6.07, 6.45) is 0. The quantitative estimate of drug-likeness (QED) is 0.304. The van der Waals surface area contributed by atoms with Gasteiger partial charge in [-0.05, 0) is 42.0 Å². The van der Waals surface area contributed by atoms with Crippen LogP contribution >= 0.6 is 46.4 Å². The maximum atomic E-state index is 14.0. The molecule has 2 N–H and O–H groups in total. The molecular formula is C24H15Cl4F3N2O3. The van der Waals surface area contributed by atoms with E-state index in [1.807, 2.05) is 0 Å². The van der Waals surface area contributed by atoms with Crippen LogP contribution < -0.4 is 15.4 Å². The summed E-state index contributed by atoms with van der Waals surface area (Å²) in [6, 6.07) is 9.16. The first-order chi connectivity index (χ1) is 16.9. The lowest BCUT2D eigenvalue weighted by atomic mass is 10.1. The number of nitrogens with one attached hydrogen (secondary N) is 2. The maximum absolute atomic E-state index is 14.0. The van der Waals surface area contributed by atoms with E-state index in [0.29, 0.717) is 11.6 Å². The molecule has 12 heteroatoms. The molecular weight excluding hydrogens is 563 g/mol. The molecule has 1 aliphatic rings. The predicted octanol–water partition coefficient (Wildman–Crippen LogP) is 7.20. The first-order valence-corrected chi connectivity index (χ1v) is 11.7. The molecule has 0 radical (unpaired) electrons. The van der Waals surface area contributed by atoms with Gasteiger partial charge in [0.15, 0.2) is 0 Å². The van der Waals surface area contributed by atoms with E-state index in [0.717, 1.165) is 18.2 Å². The van der Waals surface area contributed by atoms with Crippen molar-refractivity contribution >= 4 is 69.6 Å². The highest BCUT2D eigenvalue weighted by Crippen LogP contribution is 2.65. The zero-order chi connectivity index (χ0) is 26.4. The molecule has 2 amide bonds. The average Bonchev–Trinajstić information content (AvgIpc) is 3.39. The second-order valence-corrected chi connectivity index (χ2v) is 10.2. The normalized spacial score (nSPS) is 17.9. The number of methoxy groups -OCH3 is 1. The smallest absolute Gasteiger partial charge is 0.259 e. The molecule has 3 aromatic carbocycles. The molecule has 5 nitrogen and oxygen atoms in total. The fraction of sp³-hybridized carbons (Fsp3) is 0.167. The van der Waals surface area contributed by atoms with Crippen molar-refractivity contribution in [1.29, 1.82) is 0 Å². The van der Waals surface area contributed by atoms with Crippen molar-refractivity contribution in [3.63, 3.8) is 0 Å². The van der Waals surface area contributed by atoms with E-state index in [4.69, 9.17) is 51.1 Å².